The van der Waals surface area contributed by atoms with E-state index in [-0.39, 0.29) is 18.5 Å². The van der Waals surface area contributed by atoms with Gasteiger partial charge in [0.15, 0.2) is 0 Å². The Bertz CT molecular complexity index is 465. The van der Waals surface area contributed by atoms with Gasteiger partial charge in [-0.05, 0) is 19.9 Å². The van der Waals surface area contributed by atoms with Crippen molar-refractivity contribution >= 4 is 40.7 Å². The Kier molecular flexibility index (Phi) is 5.69. The minimum absolute atomic E-state index is 0.0867. The number of halogens is 2. The highest BCUT2D eigenvalue weighted by molar-refractivity contribution is 6.37. The van der Waals surface area contributed by atoms with Crippen LogP contribution in [-0.4, -0.2) is 37.6 Å². The van der Waals surface area contributed by atoms with Crippen LogP contribution in [0.4, 0.5) is 11.6 Å². The maximum Gasteiger partial charge on any atom is 0.239 e. The van der Waals surface area contributed by atoms with Crippen molar-refractivity contribution in [1.82, 2.24) is 10.3 Å². The summed E-state index contributed by atoms with van der Waals surface area (Å²) in [5.74, 6) is 0.947. The molecule has 0 aliphatic carbocycles. The van der Waals surface area contributed by atoms with Crippen LogP contribution < -0.4 is 15.5 Å². The molecule has 0 radical (unpaired) electrons. The predicted octanol–water partition coefficient (Wildman–Crippen LogP) is 2.39. The number of hydrogen-bond acceptors (Lipinski definition) is 4. The summed E-state index contributed by atoms with van der Waals surface area (Å²) in [7, 11) is 3.47. The van der Waals surface area contributed by atoms with Gasteiger partial charge in [0.05, 0.1) is 16.6 Å². The molecule has 1 amide bonds. The molecule has 19 heavy (non-hydrogen) atoms. The van der Waals surface area contributed by atoms with Crippen LogP contribution in [0.2, 0.25) is 10.0 Å². The number of anilines is 2. The minimum atomic E-state index is -0.0867. The number of aromatic nitrogens is 1. The van der Waals surface area contributed by atoms with E-state index < -0.39 is 0 Å². The standard InChI is InChI=1S/C12H18Cl2N4O/c1-7(2)16-10(19)6-18(4)12-9(14)5-8(13)11(15-3)17-12/h5,7H,6H2,1-4H3,(H,15,17)(H,16,19). The Morgan fingerprint density at radius 3 is 2.58 bits per heavy atom. The third kappa shape index (κ3) is 4.44. The Balaban J connectivity index is 2.87. The molecule has 106 valence electrons. The van der Waals surface area contributed by atoms with Gasteiger partial charge in [-0.15, -0.1) is 0 Å². The molecule has 0 bridgehead atoms. The maximum absolute atomic E-state index is 11.7. The van der Waals surface area contributed by atoms with Gasteiger partial charge < -0.3 is 15.5 Å². The molecule has 1 rings (SSSR count). The van der Waals surface area contributed by atoms with Gasteiger partial charge in [0.25, 0.3) is 0 Å². The molecule has 0 saturated carbocycles. The first-order valence-electron chi connectivity index (χ1n) is 5.89. The summed E-state index contributed by atoms with van der Waals surface area (Å²) in [4.78, 5) is 17.7. The fourth-order valence-electron chi connectivity index (χ4n) is 1.56. The van der Waals surface area contributed by atoms with E-state index in [2.05, 4.69) is 15.6 Å². The van der Waals surface area contributed by atoms with Gasteiger partial charge in [-0.25, -0.2) is 4.98 Å². The number of amides is 1. The molecule has 0 spiro atoms. The number of hydrogen-bond donors (Lipinski definition) is 2. The fraction of sp³-hybridized carbons (Fsp3) is 0.500. The molecule has 0 fully saturated rings. The van der Waals surface area contributed by atoms with Crippen molar-refractivity contribution in [2.24, 2.45) is 0 Å². The second-order valence-electron chi connectivity index (χ2n) is 4.45. The largest absolute Gasteiger partial charge is 0.372 e. The molecule has 1 aromatic rings. The smallest absolute Gasteiger partial charge is 0.239 e. The summed E-state index contributed by atoms with van der Waals surface area (Å²) in [5, 5.41) is 6.53. The fourth-order valence-corrected chi connectivity index (χ4v) is 2.16. The van der Waals surface area contributed by atoms with Gasteiger partial charge in [-0.2, -0.15) is 0 Å². The van der Waals surface area contributed by atoms with Crippen LogP contribution in [-0.2, 0) is 4.79 Å². The van der Waals surface area contributed by atoms with Gasteiger partial charge >= 0.3 is 0 Å². The van der Waals surface area contributed by atoms with E-state index in [1.165, 1.54) is 0 Å². The predicted molar refractivity (Wildman–Crippen MR) is 80.4 cm³/mol. The molecule has 0 aliphatic heterocycles. The van der Waals surface area contributed by atoms with Crippen molar-refractivity contribution in [2.45, 2.75) is 19.9 Å². The highest BCUT2D eigenvalue weighted by Gasteiger charge is 2.15. The lowest BCUT2D eigenvalue weighted by Gasteiger charge is -2.20. The second-order valence-corrected chi connectivity index (χ2v) is 5.27. The van der Waals surface area contributed by atoms with E-state index in [1.807, 2.05) is 13.8 Å². The molecule has 2 N–H and O–H groups in total. The first kappa shape index (κ1) is 15.9. The Morgan fingerprint density at radius 1 is 1.42 bits per heavy atom. The lowest BCUT2D eigenvalue weighted by Crippen LogP contribution is -2.39. The summed E-state index contributed by atoms with van der Waals surface area (Å²) in [6, 6.07) is 1.70. The third-order valence-electron chi connectivity index (χ3n) is 2.34. The minimum Gasteiger partial charge on any atom is -0.372 e. The van der Waals surface area contributed by atoms with E-state index >= 15 is 0 Å². The van der Waals surface area contributed by atoms with Gasteiger partial charge in [-0.3, -0.25) is 4.79 Å². The summed E-state index contributed by atoms with van der Waals surface area (Å²) in [5.41, 5.74) is 0. The van der Waals surface area contributed by atoms with Crippen molar-refractivity contribution in [3.63, 3.8) is 0 Å². The highest BCUT2D eigenvalue weighted by Crippen LogP contribution is 2.30. The molecule has 5 nitrogen and oxygen atoms in total. The van der Waals surface area contributed by atoms with Gasteiger partial charge in [-0.1, -0.05) is 23.2 Å². The summed E-state index contributed by atoms with van der Waals surface area (Å²) in [6.07, 6.45) is 0. The van der Waals surface area contributed by atoms with E-state index in [9.17, 15) is 4.79 Å². The monoisotopic (exact) mass is 304 g/mol. The molecule has 7 heteroatoms. The Labute approximate surface area is 123 Å². The highest BCUT2D eigenvalue weighted by atomic mass is 35.5. The topological polar surface area (TPSA) is 57.3 Å². The number of carbonyl (C=O) groups is 1. The van der Waals surface area contributed by atoms with Crippen LogP contribution >= 0.6 is 23.2 Å². The average molecular weight is 305 g/mol. The van der Waals surface area contributed by atoms with Crippen LogP contribution in [0.5, 0.6) is 0 Å². The third-order valence-corrected chi connectivity index (χ3v) is 2.91. The van der Waals surface area contributed by atoms with Crippen LogP contribution in [0, 0.1) is 0 Å². The molecule has 0 saturated heterocycles. The quantitative estimate of drug-likeness (QED) is 0.877. The lowest BCUT2D eigenvalue weighted by molar-refractivity contribution is -0.120. The van der Waals surface area contributed by atoms with Crippen molar-refractivity contribution < 1.29 is 4.79 Å². The summed E-state index contributed by atoms with van der Waals surface area (Å²) < 4.78 is 0. The zero-order chi connectivity index (χ0) is 14.6. The molecular formula is C12H18Cl2N4O. The first-order valence-corrected chi connectivity index (χ1v) is 6.65. The van der Waals surface area contributed by atoms with Crippen LogP contribution in [0.15, 0.2) is 6.07 Å². The van der Waals surface area contributed by atoms with Crippen molar-refractivity contribution in [2.75, 3.05) is 30.9 Å². The molecule has 1 heterocycles. The number of likely N-dealkylation sites (N-methyl/N-ethyl adjacent to an activating group) is 1. The van der Waals surface area contributed by atoms with Crippen molar-refractivity contribution in [3.8, 4) is 0 Å². The molecular weight excluding hydrogens is 287 g/mol. The molecule has 0 atom stereocenters. The summed E-state index contributed by atoms with van der Waals surface area (Å²) >= 11 is 12.1. The molecule has 0 unspecified atom stereocenters. The SMILES string of the molecule is CNc1nc(N(C)CC(=O)NC(C)C)c(Cl)cc1Cl. The van der Waals surface area contributed by atoms with Gasteiger partial charge in [0.1, 0.15) is 11.6 Å². The van der Waals surface area contributed by atoms with Gasteiger partial charge in [0.2, 0.25) is 5.91 Å². The van der Waals surface area contributed by atoms with Crippen LogP contribution in [0.1, 0.15) is 13.8 Å². The molecule has 0 aromatic carbocycles. The number of nitrogens with one attached hydrogen (secondary N) is 2. The summed E-state index contributed by atoms with van der Waals surface area (Å²) in [6.45, 7) is 3.99. The van der Waals surface area contributed by atoms with E-state index in [1.54, 1.807) is 25.1 Å². The number of pyridine rings is 1. The lowest BCUT2D eigenvalue weighted by atomic mass is 10.3. The second kappa shape index (κ2) is 6.82. The molecule has 1 aromatic heterocycles. The normalized spacial score (nSPS) is 10.5. The van der Waals surface area contributed by atoms with E-state index in [0.717, 1.165) is 0 Å². The average Bonchev–Trinajstić information content (AvgIpc) is 2.27. The van der Waals surface area contributed by atoms with Crippen molar-refractivity contribution in [3.05, 3.63) is 16.1 Å². The zero-order valence-corrected chi connectivity index (χ0v) is 12.9. The van der Waals surface area contributed by atoms with Gasteiger partial charge in [0, 0.05) is 20.1 Å². The zero-order valence-electron chi connectivity index (χ0n) is 11.4. The maximum atomic E-state index is 11.7. The van der Waals surface area contributed by atoms with Crippen LogP contribution in [0.25, 0.3) is 0 Å². The molecule has 0 aliphatic rings. The van der Waals surface area contributed by atoms with E-state index in [0.29, 0.717) is 21.7 Å². The Hall–Kier alpha value is -1.20. The van der Waals surface area contributed by atoms with Crippen molar-refractivity contribution in [1.29, 1.82) is 0 Å². The first-order chi connectivity index (χ1) is 8.85. The number of nitrogens with zero attached hydrogens (tertiary/aromatic N) is 2. The number of rotatable bonds is 5. The number of carbonyl (C=O) groups excluding carboxylic acids is 1. The Morgan fingerprint density at radius 2 is 2.05 bits per heavy atom. The van der Waals surface area contributed by atoms with Crippen LogP contribution in [0.3, 0.4) is 0 Å². The van der Waals surface area contributed by atoms with E-state index in [4.69, 9.17) is 23.2 Å².